The molecule has 126 valence electrons. The van der Waals surface area contributed by atoms with E-state index < -0.39 is 0 Å². The Morgan fingerprint density at radius 2 is 2.04 bits per heavy atom. The second-order valence-electron chi connectivity index (χ2n) is 5.43. The number of anilines is 1. The highest BCUT2D eigenvalue weighted by Gasteiger charge is 2.22. The van der Waals surface area contributed by atoms with E-state index >= 15 is 0 Å². The van der Waals surface area contributed by atoms with Crippen LogP contribution in [0.2, 0.25) is 0 Å². The molecule has 1 aromatic heterocycles. The smallest absolute Gasteiger partial charge is 0.261 e. The molecular weight excluding hydrogens is 404 g/mol. The molecule has 1 amide bonds. The maximum Gasteiger partial charge on any atom is 0.261 e. The molecule has 0 fully saturated rings. The molecule has 1 aliphatic heterocycles. The fourth-order valence-electron chi connectivity index (χ4n) is 2.52. The number of hydrogen-bond acceptors (Lipinski definition) is 5. The molecular formula is C18H13BrN2O3S. The van der Waals surface area contributed by atoms with Crippen LogP contribution in [0.1, 0.15) is 20.8 Å². The van der Waals surface area contributed by atoms with Crippen molar-refractivity contribution in [2.75, 3.05) is 12.1 Å². The summed E-state index contributed by atoms with van der Waals surface area (Å²) in [6.45, 7) is 0.133. The van der Waals surface area contributed by atoms with Gasteiger partial charge in [0, 0.05) is 22.0 Å². The first-order valence-electron chi connectivity index (χ1n) is 7.58. The van der Waals surface area contributed by atoms with Crippen molar-refractivity contribution < 1.29 is 14.3 Å². The third-order valence-corrected chi connectivity index (χ3v) is 5.15. The van der Waals surface area contributed by atoms with E-state index in [9.17, 15) is 4.79 Å². The predicted octanol–water partition coefficient (Wildman–Crippen LogP) is 4.48. The van der Waals surface area contributed by atoms with Gasteiger partial charge in [0.1, 0.15) is 0 Å². The van der Waals surface area contributed by atoms with Crippen molar-refractivity contribution in [1.82, 2.24) is 4.98 Å². The summed E-state index contributed by atoms with van der Waals surface area (Å²) in [6, 6.07) is 13.4. The highest BCUT2D eigenvalue weighted by molar-refractivity contribution is 9.10. The summed E-state index contributed by atoms with van der Waals surface area (Å²) < 4.78 is 11.7. The lowest BCUT2D eigenvalue weighted by Crippen LogP contribution is -2.12. The summed E-state index contributed by atoms with van der Waals surface area (Å²) in [7, 11) is 0. The van der Waals surface area contributed by atoms with Crippen molar-refractivity contribution in [3.8, 4) is 11.5 Å². The Morgan fingerprint density at radius 3 is 2.88 bits per heavy atom. The van der Waals surface area contributed by atoms with Gasteiger partial charge >= 0.3 is 0 Å². The topological polar surface area (TPSA) is 60.5 Å². The van der Waals surface area contributed by atoms with Gasteiger partial charge in [-0.15, -0.1) is 11.3 Å². The first-order chi connectivity index (χ1) is 12.2. The first-order valence-corrected chi connectivity index (χ1v) is 9.19. The summed E-state index contributed by atoms with van der Waals surface area (Å²) in [4.78, 5) is 17.9. The number of carbonyl (C=O) groups excluding carboxylic acids is 1. The SMILES string of the molecule is O=C(Nc1ncc(Cc2ccc(Br)cc2)s1)c1cccc2c1OCO2. The number of halogens is 1. The van der Waals surface area contributed by atoms with E-state index in [-0.39, 0.29) is 12.7 Å². The van der Waals surface area contributed by atoms with Crippen LogP contribution in [0.4, 0.5) is 5.13 Å². The lowest BCUT2D eigenvalue weighted by Gasteiger charge is -2.05. The summed E-state index contributed by atoms with van der Waals surface area (Å²) in [5, 5.41) is 3.39. The number of nitrogens with one attached hydrogen (secondary N) is 1. The molecule has 0 unspecified atom stereocenters. The van der Waals surface area contributed by atoms with Gasteiger partial charge in [-0.2, -0.15) is 0 Å². The molecule has 5 nitrogen and oxygen atoms in total. The molecule has 0 bridgehead atoms. The van der Waals surface area contributed by atoms with E-state index in [1.807, 2.05) is 12.1 Å². The number of hydrogen-bond donors (Lipinski definition) is 1. The number of rotatable bonds is 4. The van der Waals surface area contributed by atoms with Crippen LogP contribution < -0.4 is 14.8 Å². The number of ether oxygens (including phenoxy) is 2. The molecule has 2 aromatic carbocycles. The van der Waals surface area contributed by atoms with Gasteiger partial charge in [0.2, 0.25) is 6.79 Å². The number of thiazole rings is 1. The Balaban J connectivity index is 1.47. The van der Waals surface area contributed by atoms with Crippen molar-refractivity contribution in [2.45, 2.75) is 6.42 Å². The van der Waals surface area contributed by atoms with E-state index in [4.69, 9.17) is 9.47 Å². The molecule has 4 rings (SSSR count). The lowest BCUT2D eigenvalue weighted by molar-refractivity contribution is 0.102. The number of nitrogens with zero attached hydrogens (tertiary/aromatic N) is 1. The molecule has 0 aliphatic carbocycles. The summed E-state index contributed by atoms with van der Waals surface area (Å²) >= 11 is 4.89. The summed E-state index contributed by atoms with van der Waals surface area (Å²) in [5.41, 5.74) is 1.64. The van der Waals surface area contributed by atoms with E-state index in [1.165, 1.54) is 16.9 Å². The van der Waals surface area contributed by atoms with Crippen LogP contribution in [0.5, 0.6) is 11.5 Å². The quantitative estimate of drug-likeness (QED) is 0.680. The third-order valence-electron chi connectivity index (χ3n) is 3.71. The maximum atomic E-state index is 12.5. The number of carbonyl (C=O) groups is 1. The second-order valence-corrected chi connectivity index (χ2v) is 7.46. The van der Waals surface area contributed by atoms with Crippen LogP contribution in [0.25, 0.3) is 0 Å². The molecule has 0 spiro atoms. The first kappa shape index (κ1) is 16.1. The largest absolute Gasteiger partial charge is 0.454 e. The van der Waals surface area contributed by atoms with Gasteiger partial charge in [-0.05, 0) is 29.8 Å². The van der Waals surface area contributed by atoms with Crippen molar-refractivity contribution >= 4 is 38.3 Å². The number of para-hydroxylation sites is 1. The van der Waals surface area contributed by atoms with Crippen molar-refractivity contribution in [2.24, 2.45) is 0 Å². The van der Waals surface area contributed by atoms with Gasteiger partial charge < -0.3 is 9.47 Å². The molecule has 1 aliphatic rings. The average molecular weight is 417 g/mol. The van der Waals surface area contributed by atoms with Crippen LogP contribution in [-0.2, 0) is 6.42 Å². The van der Waals surface area contributed by atoms with E-state index in [2.05, 4.69) is 38.4 Å². The monoisotopic (exact) mass is 416 g/mol. The highest BCUT2D eigenvalue weighted by Crippen LogP contribution is 2.35. The minimum Gasteiger partial charge on any atom is -0.454 e. The van der Waals surface area contributed by atoms with Crippen molar-refractivity contribution in [3.05, 3.63) is 69.1 Å². The zero-order chi connectivity index (χ0) is 17.2. The number of fused-ring (bicyclic) bond motifs is 1. The standard InChI is InChI=1S/C18H13BrN2O3S/c19-12-6-4-11(5-7-12)8-13-9-20-18(25-13)21-17(22)14-2-1-3-15-16(14)24-10-23-15/h1-7,9H,8,10H2,(H,20,21,22). The molecule has 0 saturated carbocycles. The lowest BCUT2D eigenvalue weighted by atomic mass is 10.1. The number of aromatic nitrogens is 1. The Bertz CT molecular complexity index is 924. The molecule has 3 aromatic rings. The van der Waals surface area contributed by atoms with Crippen LogP contribution in [-0.4, -0.2) is 17.7 Å². The molecule has 1 N–H and O–H groups in total. The third kappa shape index (κ3) is 3.52. The average Bonchev–Trinajstić information content (AvgIpc) is 3.25. The summed E-state index contributed by atoms with van der Waals surface area (Å²) in [6.07, 6.45) is 2.57. The molecule has 2 heterocycles. The zero-order valence-electron chi connectivity index (χ0n) is 13.0. The second kappa shape index (κ2) is 6.85. The van der Waals surface area contributed by atoms with E-state index in [1.54, 1.807) is 24.4 Å². The summed E-state index contributed by atoms with van der Waals surface area (Å²) in [5.74, 6) is 0.807. The highest BCUT2D eigenvalue weighted by atomic mass is 79.9. The van der Waals surface area contributed by atoms with Gasteiger partial charge in [0.25, 0.3) is 5.91 Å². The van der Waals surface area contributed by atoms with Crippen LogP contribution >= 0.6 is 27.3 Å². The number of benzene rings is 2. The Hall–Kier alpha value is -2.38. The van der Waals surface area contributed by atoms with E-state index in [0.717, 1.165) is 15.8 Å². The van der Waals surface area contributed by atoms with Crippen molar-refractivity contribution in [1.29, 1.82) is 0 Å². The van der Waals surface area contributed by atoms with E-state index in [0.29, 0.717) is 22.2 Å². The van der Waals surface area contributed by atoms with Crippen LogP contribution in [0.3, 0.4) is 0 Å². The van der Waals surface area contributed by atoms with Gasteiger partial charge in [0.05, 0.1) is 5.56 Å². The van der Waals surface area contributed by atoms with Gasteiger partial charge in [-0.25, -0.2) is 4.98 Å². The molecule has 7 heteroatoms. The van der Waals surface area contributed by atoms with Gasteiger partial charge in [-0.3, -0.25) is 10.1 Å². The minimum atomic E-state index is -0.258. The fourth-order valence-corrected chi connectivity index (χ4v) is 3.63. The Morgan fingerprint density at radius 1 is 1.20 bits per heavy atom. The van der Waals surface area contributed by atoms with Crippen LogP contribution in [0, 0.1) is 0 Å². The molecule has 0 atom stereocenters. The van der Waals surface area contributed by atoms with Crippen LogP contribution in [0.15, 0.2) is 53.1 Å². The fraction of sp³-hybridized carbons (Fsp3) is 0.111. The maximum absolute atomic E-state index is 12.5. The Kier molecular flexibility index (Phi) is 4.42. The Labute approximate surface area is 156 Å². The predicted molar refractivity (Wildman–Crippen MR) is 99.6 cm³/mol. The zero-order valence-corrected chi connectivity index (χ0v) is 15.4. The molecule has 0 radical (unpaired) electrons. The molecule has 0 saturated heterocycles. The van der Waals surface area contributed by atoms with Gasteiger partial charge in [-0.1, -0.05) is 34.1 Å². The minimum absolute atomic E-state index is 0.133. The van der Waals surface area contributed by atoms with Crippen molar-refractivity contribution in [3.63, 3.8) is 0 Å². The molecule has 25 heavy (non-hydrogen) atoms. The normalized spacial score (nSPS) is 12.2. The number of amides is 1. The van der Waals surface area contributed by atoms with Gasteiger partial charge in [0.15, 0.2) is 16.6 Å².